The molecule has 0 rings (SSSR count). The topological polar surface area (TPSA) is 63.3 Å². The lowest BCUT2D eigenvalue weighted by molar-refractivity contribution is -0.141. The number of thioether (sulfide) groups is 1. The third-order valence-electron chi connectivity index (χ3n) is 1.34. The van der Waals surface area contributed by atoms with Gasteiger partial charge in [-0.15, -0.1) is 0 Å². The van der Waals surface area contributed by atoms with Crippen LogP contribution in [0.5, 0.6) is 0 Å². The molecule has 3 nitrogen and oxygen atoms in total. The zero-order chi connectivity index (χ0) is 9.78. The first-order chi connectivity index (χ1) is 5.36. The van der Waals surface area contributed by atoms with Crippen LogP contribution in [-0.4, -0.2) is 28.1 Å². The average Bonchev–Trinajstić information content (AvgIpc) is 1.85. The fraction of sp³-hybridized carbons (Fsp3) is 0.875. The highest BCUT2D eigenvalue weighted by atomic mass is 32.2. The first-order valence-corrected chi connectivity index (χ1v) is 5.11. The van der Waals surface area contributed by atoms with Gasteiger partial charge in [-0.2, -0.15) is 11.8 Å². The van der Waals surface area contributed by atoms with Gasteiger partial charge in [-0.1, -0.05) is 13.8 Å². The van der Waals surface area contributed by atoms with E-state index in [0.717, 1.165) is 5.75 Å². The molecule has 0 saturated carbocycles. The maximum atomic E-state index is 10.6. The number of hydrogen-bond acceptors (Lipinski definition) is 3. The van der Waals surface area contributed by atoms with Crippen molar-refractivity contribution in [3.05, 3.63) is 0 Å². The second-order valence-electron chi connectivity index (χ2n) is 3.63. The molecule has 0 saturated heterocycles. The number of nitrogens with two attached hydrogens (primary N) is 1. The summed E-state index contributed by atoms with van der Waals surface area (Å²) >= 11 is 1.59. The van der Waals surface area contributed by atoms with Crippen LogP contribution in [0.25, 0.3) is 0 Å². The van der Waals surface area contributed by atoms with E-state index < -0.39 is 11.5 Å². The summed E-state index contributed by atoms with van der Waals surface area (Å²) in [5, 5.41) is 8.67. The van der Waals surface area contributed by atoms with Crippen LogP contribution in [0.2, 0.25) is 0 Å². The molecule has 0 unspecified atom stereocenters. The van der Waals surface area contributed by atoms with Crippen molar-refractivity contribution in [3.63, 3.8) is 0 Å². The van der Waals surface area contributed by atoms with E-state index >= 15 is 0 Å². The normalized spacial score (nSPS) is 16.1. The highest BCUT2D eigenvalue weighted by molar-refractivity contribution is 7.99. The van der Waals surface area contributed by atoms with E-state index in [0.29, 0.717) is 11.7 Å². The molecule has 1 atom stereocenters. The van der Waals surface area contributed by atoms with Gasteiger partial charge in [-0.05, 0) is 18.6 Å². The summed E-state index contributed by atoms with van der Waals surface area (Å²) < 4.78 is 0. The highest BCUT2D eigenvalue weighted by Gasteiger charge is 2.27. The Balaban J connectivity index is 3.69. The van der Waals surface area contributed by atoms with Crippen molar-refractivity contribution in [1.82, 2.24) is 0 Å². The standard InChI is InChI=1S/C8H17NO2S/c1-6(2)4-12-5-8(3,9)7(10)11/h6H,4-5,9H2,1-3H3,(H,10,11)/t8-/m0/s1. The van der Waals surface area contributed by atoms with Gasteiger partial charge in [0, 0.05) is 5.75 Å². The maximum Gasteiger partial charge on any atom is 0.324 e. The minimum atomic E-state index is -1.08. The van der Waals surface area contributed by atoms with Gasteiger partial charge in [0.05, 0.1) is 0 Å². The fourth-order valence-corrected chi connectivity index (χ4v) is 1.71. The van der Waals surface area contributed by atoms with E-state index in [1.807, 2.05) is 0 Å². The van der Waals surface area contributed by atoms with Crippen molar-refractivity contribution in [1.29, 1.82) is 0 Å². The lowest BCUT2D eigenvalue weighted by atomic mass is 10.1. The number of carboxylic acids is 1. The van der Waals surface area contributed by atoms with Crippen molar-refractivity contribution < 1.29 is 9.90 Å². The summed E-state index contributed by atoms with van der Waals surface area (Å²) in [4.78, 5) is 10.6. The van der Waals surface area contributed by atoms with Crippen LogP contribution < -0.4 is 5.73 Å². The van der Waals surface area contributed by atoms with Crippen molar-refractivity contribution in [3.8, 4) is 0 Å². The zero-order valence-corrected chi connectivity index (χ0v) is 8.65. The molecule has 4 heteroatoms. The SMILES string of the molecule is CC(C)CSC[C@](C)(N)C(=O)O. The number of carbonyl (C=O) groups is 1. The van der Waals surface area contributed by atoms with Crippen LogP contribution >= 0.6 is 11.8 Å². The number of aliphatic carboxylic acids is 1. The Bertz CT molecular complexity index is 157. The second kappa shape index (κ2) is 4.72. The quantitative estimate of drug-likeness (QED) is 0.685. The van der Waals surface area contributed by atoms with Gasteiger partial charge in [0.25, 0.3) is 0 Å². The van der Waals surface area contributed by atoms with Crippen LogP contribution in [0.15, 0.2) is 0 Å². The van der Waals surface area contributed by atoms with Gasteiger partial charge in [0.15, 0.2) is 0 Å². The average molecular weight is 191 g/mol. The Morgan fingerprint density at radius 2 is 2.17 bits per heavy atom. The summed E-state index contributed by atoms with van der Waals surface area (Å²) in [6.45, 7) is 5.74. The molecule has 0 aromatic heterocycles. The molecule has 12 heavy (non-hydrogen) atoms. The molecule has 0 aromatic carbocycles. The van der Waals surface area contributed by atoms with Crippen molar-refractivity contribution in [2.75, 3.05) is 11.5 Å². The molecule has 0 radical (unpaired) electrons. The molecule has 72 valence electrons. The fourth-order valence-electron chi connectivity index (χ4n) is 0.568. The molecule has 0 aliphatic carbocycles. The van der Waals surface area contributed by atoms with Gasteiger partial charge in [0.2, 0.25) is 0 Å². The van der Waals surface area contributed by atoms with E-state index in [9.17, 15) is 4.79 Å². The third-order valence-corrected chi connectivity index (χ3v) is 3.05. The second-order valence-corrected chi connectivity index (χ2v) is 4.66. The molecule has 0 fully saturated rings. The third kappa shape index (κ3) is 4.62. The smallest absolute Gasteiger partial charge is 0.324 e. The Labute approximate surface area is 77.7 Å². The molecule has 0 aliphatic rings. The molecule has 0 bridgehead atoms. The van der Waals surface area contributed by atoms with E-state index in [4.69, 9.17) is 10.8 Å². The molecule has 0 amide bonds. The van der Waals surface area contributed by atoms with Gasteiger partial charge < -0.3 is 10.8 Å². The van der Waals surface area contributed by atoms with Crippen LogP contribution in [-0.2, 0) is 4.79 Å². The summed E-state index contributed by atoms with van der Waals surface area (Å²) in [6, 6.07) is 0. The largest absolute Gasteiger partial charge is 0.480 e. The van der Waals surface area contributed by atoms with Crippen molar-refractivity contribution in [2.24, 2.45) is 11.7 Å². The Hall–Kier alpha value is -0.220. The maximum absolute atomic E-state index is 10.6. The summed E-state index contributed by atoms with van der Waals surface area (Å²) in [5.41, 5.74) is 4.44. The Kier molecular flexibility index (Phi) is 4.63. The number of rotatable bonds is 5. The monoisotopic (exact) mass is 191 g/mol. The van der Waals surface area contributed by atoms with Gasteiger partial charge in [0.1, 0.15) is 5.54 Å². The van der Waals surface area contributed by atoms with E-state index in [2.05, 4.69) is 13.8 Å². The van der Waals surface area contributed by atoms with E-state index in [-0.39, 0.29) is 0 Å². The molecular weight excluding hydrogens is 174 g/mol. The summed E-state index contributed by atoms with van der Waals surface area (Å²) in [6.07, 6.45) is 0. The minimum Gasteiger partial charge on any atom is -0.480 e. The Morgan fingerprint density at radius 1 is 1.67 bits per heavy atom. The first-order valence-electron chi connectivity index (χ1n) is 3.96. The minimum absolute atomic E-state index is 0.473. The molecule has 3 N–H and O–H groups in total. The Morgan fingerprint density at radius 3 is 2.50 bits per heavy atom. The van der Waals surface area contributed by atoms with Crippen LogP contribution in [0.3, 0.4) is 0 Å². The molecule has 0 aromatic rings. The van der Waals surface area contributed by atoms with E-state index in [1.165, 1.54) is 0 Å². The molecule has 0 heterocycles. The van der Waals surface area contributed by atoms with Crippen LogP contribution in [0.1, 0.15) is 20.8 Å². The summed E-state index contributed by atoms with van der Waals surface area (Å²) in [7, 11) is 0. The lowest BCUT2D eigenvalue weighted by Crippen LogP contribution is -2.47. The van der Waals surface area contributed by atoms with Crippen LogP contribution in [0, 0.1) is 5.92 Å². The number of hydrogen-bond donors (Lipinski definition) is 2. The molecule has 0 aliphatic heterocycles. The first kappa shape index (κ1) is 11.8. The van der Waals surface area contributed by atoms with E-state index in [1.54, 1.807) is 18.7 Å². The highest BCUT2D eigenvalue weighted by Crippen LogP contribution is 2.13. The van der Waals surface area contributed by atoms with Crippen molar-refractivity contribution in [2.45, 2.75) is 26.3 Å². The van der Waals surface area contributed by atoms with Gasteiger partial charge >= 0.3 is 5.97 Å². The zero-order valence-electron chi connectivity index (χ0n) is 7.83. The predicted molar refractivity (Wildman–Crippen MR) is 52.4 cm³/mol. The molecular formula is C8H17NO2S. The molecule has 0 spiro atoms. The van der Waals surface area contributed by atoms with Gasteiger partial charge in [-0.25, -0.2) is 0 Å². The lowest BCUT2D eigenvalue weighted by Gasteiger charge is -2.18. The summed E-state index contributed by atoms with van der Waals surface area (Å²) in [5.74, 6) is 1.08. The van der Waals surface area contributed by atoms with Crippen LogP contribution in [0.4, 0.5) is 0 Å². The van der Waals surface area contributed by atoms with Gasteiger partial charge in [-0.3, -0.25) is 4.79 Å². The number of carboxylic acid groups (broad SMARTS) is 1. The van der Waals surface area contributed by atoms with Crippen molar-refractivity contribution >= 4 is 17.7 Å². The predicted octanol–water partition coefficient (Wildman–Crippen LogP) is 1.18.